The van der Waals surface area contributed by atoms with E-state index in [9.17, 15) is 19.5 Å². The summed E-state index contributed by atoms with van der Waals surface area (Å²) in [6, 6.07) is 3.79. The van der Waals surface area contributed by atoms with E-state index in [-0.39, 0.29) is 34.5 Å². The molecule has 0 spiro atoms. The number of likely N-dealkylation sites (N-methyl/N-ethyl adjacent to an activating group) is 2. The first-order valence-electron chi connectivity index (χ1n) is 12.4. The summed E-state index contributed by atoms with van der Waals surface area (Å²) in [5.74, 6) is -1.09. The van der Waals surface area contributed by atoms with Gasteiger partial charge >= 0.3 is 0 Å². The minimum atomic E-state index is -0.375. The third-order valence-corrected chi connectivity index (χ3v) is 7.22. The van der Waals surface area contributed by atoms with Crippen LogP contribution in [0.1, 0.15) is 45.2 Å². The number of aliphatic hydroxyl groups excluding tert-OH is 1. The van der Waals surface area contributed by atoms with Gasteiger partial charge in [-0.25, -0.2) is 4.99 Å². The molecule has 2 aliphatic carbocycles. The highest BCUT2D eigenvalue weighted by molar-refractivity contribution is 6.42. The van der Waals surface area contributed by atoms with Gasteiger partial charge in [-0.3, -0.25) is 14.4 Å². The lowest BCUT2D eigenvalue weighted by Crippen LogP contribution is -2.27. The standard InChI is InChI=1S/C28H30N4O4/c1-5-31-9-7-17-11-19(21(13-23(17)31)29-15(3)33)25-27(35)26(28(25)36)20-12-18-8-10-32(6-2)24(18)14-22(20)30-16(4)34/h11-14,35H,5-10H2,1-4H3,(H,29,33). The fraction of sp³-hybridized carbons (Fsp3) is 0.357. The Morgan fingerprint density at radius 2 is 1.75 bits per heavy atom. The number of amides is 2. The maximum atomic E-state index is 13.6. The van der Waals surface area contributed by atoms with Crippen LogP contribution in [-0.4, -0.2) is 59.5 Å². The van der Waals surface area contributed by atoms with Gasteiger partial charge in [-0.15, -0.1) is 0 Å². The van der Waals surface area contributed by atoms with Crippen LogP contribution in [0.25, 0.3) is 5.57 Å². The molecule has 0 radical (unpaired) electrons. The Hall–Kier alpha value is -3.94. The molecule has 2 N–H and O–H groups in total. The zero-order valence-electron chi connectivity index (χ0n) is 21.1. The molecule has 36 heavy (non-hydrogen) atoms. The number of benzene rings is 1. The zero-order valence-corrected chi connectivity index (χ0v) is 21.1. The summed E-state index contributed by atoms with van der Waals surface area (Å²) in [5, 5.41) is 14.1. The predicted octanol–water partition coefficient (Wildman–Crippen LogP) is 3.71. The van der Waals surface area contributed by atoms with E-state index >= 15 is 0 Å². The van der Waals surface area contributed by atoms with E-state index < -0.39 is 0 Å². The molecular weight excluding hydrogens is 456 g/mol. The van der Waals surface area contributed by atoms with E-state index in [0.29, 0.717) is 22.5 Å². The summed E-state index contributed by atoms with van der Waals surface area (Å²) in [4.78, 5) is 46.0. The van der Waals surface area contributed by atoms with E-state index in [1.807, 2.05) is 24.3 Å². The first-order chi connectivity index (χ1) is 17.2. The molecule has 0 unspecified atom stereocenters. The number of fused-ring (bicyclic) bond motifs is 2. The molecule has 0 bridgehead atoms. The smallest absolute Gasteiger partial charge is 0.243 e. The largest absolute Gasteiger partial charge is 0.506 e. The number of aliphatic hydroxyl groups is 1. The van der Waals surface area contributed by atoms with Crippen LogP contribution in [0.4, 0.5) is 11.4 Å². The first-order valence-corrected chi connectivity index (χ1v) is 12.4. The van der Waals surface area contributed by atoms with Crippen LogP contribution in [0.3, 0.4) is 0 Å². The zero-order chi connectivity index (χ0) is 25.7. The summed E-state index contributed by atoms with van der Waals surface area (Å²) >= 11 is 0. The second-order valence-corrected chi connectivity index (χ2v) is 9.42. The molecule has 2 aliphatic heterocycles. The number of likely N-dealkylation sites (tertiary alicyclic amines) is 1. The number of carbonyl (C=O) groups is 3. The molecule has 1 aromatic rings. The highest BCUT2D eigenvalue weighted by atomic mass is 16.3. The van der Waals surface area contributed by atoms with Crippen LogP contribution in [0.2, 0.25) is 0 Å². The van der Waals surface area contributed by atoms with Crippen LogP contribution in [-0.2, 0) is 20.8 Å². The van der Waals surface area contributed by atoms with Crippen LogP contribution in [0, 0.1) is 0 Å². The van der Waals surface area contributed by atoms with Gasteiger partial charge in [-0.1, -0.05) is 0 Å². The van der Waals surface area contributed by atoms with Gasteiger partial charge in [0.1, 0.15) is 5.76 Å². The van der Waals surface area contributed by atoms with Crippen molar-refractivity contribution >= 4 is 40.3 Å². The van der Waals surface area contributed by atoms with Crippen molar-refractivity contribution in [2.45, 2.75) is 40.5 Å². The Labute approximate surface area is 210 Å². The Bertz CT molecular complexity index is 1380. The number of nitrogens with one attached hydrogen (secondary N) is 1. The average Bonchev–Trinajstić information content (AvgIpc) is 3.41. The highest BCUT2D eigenvalue weighted by Gasteiger charge is 2.41. The second-order valence-electron chi connectivity index (χ2n) is 9.42. The third kappa shape index (κ3) is 3.77. The number of aliphatic imine (C=N–C) groups is 1. The van der Waals surface area contributed by atoms with Crippen molar-refractivity contribution in [3.8, 4) is 0 Å². The monoisotopic (exact) mass is 486 g/mol. The highest BCUT2D eigenvalue weighted by Crippen LogP contribution is 2.45. The Kier molecular flexibility index (Phi) is 5.90. The molecule has 8 heteroatoms. The Morgan fingerprint density at radius 1 is 1.03 bits per heavy atom. The molecule has 8 nitrogen and oxygen atoms in total. The summed E-state index contributed by atoms with van der Waals surface area (Å²) < 4.78 is 0. The van der Waals surface area contributed by atoms with Crippen LogP contribution < -0.4 is 10.2 Å². The van der Waals surface area contributed by atoms with Gasteiger partial charge in [0.2, 0.25) is 17.6 Å². The minimum absolute atomic E-state index is 0.137. The summed E-state index contributed by atoms with van der Waals surface area (Å²) in [5.41, 5.74) is 6.36. The molecule has 186 valence electrons. The SMILES string of the molecule is CCN1CCC2=CC(=C3C(=O)C(c4cc5c(cc4NC(C)=O)N(CC)CC5)=C3O)C(=NC(C)=O)C=C21. The summed E-state index contributed by atoms with van der Waals surface area (Å²) in [6.45, 7) is 10.3. The van der Waals surface area contributed by atoms with Crippen molar-refractivity contribution in [3.63, 3.8) is 0 Å². The number of Topliss-reactive ketones (excluding diaryl/α,β-unsaturated/α-hetero) is 1. The van der Waals surface area contributed by atoms with Gasteiger partial charge in [0, 0.05) is 62.5 Å². The lowest BCUT2D eigenvalue weighted by atomic mass is 9.77. The molecule has 1 fully saturated rings. The van der Waals surface area contributed by atoms with Gasteiger partial charge in [-0.2, -0.15) is 0 Å². The van der Waals surface area contributed by atoms with Crippen molar-refractivity contribution in [2.24, 2.45) is 4.99 Å². The summed E-state index contributed by atoms with van der Waals surface area (Å²) in [7, 11) is 0. The van der Waals surface area contributed by atoms with Crippen LogP contribution in [0.15, 0.2) is 57.5 Å². The average molecular weight is 487 g/mol. The molecule has 5 rings (SSSR count). The Morgan fingerprint density at radius 3 is 2.39 bits per heavy atom. The number of anilines is 2. The van der Waals surface area contributed by atoms with Gasteiger partial charge in [0.05, 0.1) is 22.5 Å². The maximum absolute atomic E-state index is 13.6. The van der Waals surface area contributed by atoms with E-state index in [0.717, 1.165) is 61.5 Å². The van der Waals surface area contributed by atoms with Gasteiger partial charge in [0.25, 0.3) is 0 Å². The van der Waals surface area contributed by atoms with Crippen molar-refractivity contribution in [2.75, 3.05) is 36.4 Å². The van der Waals surface area contributed by atoms with Crippen molar-refractivity contribution in [3.05, 3.63) is 63.6 Å². The van der Waals surface area contributed by atoms with Crippen molar-refractivity contribution < 1.29 is 19.5 Å². The van der Waals surface area contributed by atoms with E-state index in [4.69, 9.17) is 0 Å². The fourth-order valence-corrected chi connectivity index (χ4v) is 5.52. The van der Waals surface area contributed by atoms with Crippen molar-refractivity contribution in [1.82, 2.24) is 4.90 Å². The molecular formula is C28H30N4O4. The normalized spacial score (nSPS) is 21.9. The molecule has 0 saturated carbocycles. The predicted molar refractivity (Wildman–Crippen MR) is 140 cm³/mol. The van der Waals surface area contributed by atoms with Crippen molar-refractivity contribution in [1.29, 1.82) is 0 Å². The summed E-state index contributed by atoms with van der Waals surface area (Å²) in [6.07, 6.45) is 5.37. The topological polar surface area (TPSA) is 102 Å². The number of ketones is 1. The third-order valence-electron chi connectivity index (χ3n) is 7.22. The van der Waals surface area contributed by atoms with E-state index in [1.165, 1.54) is 13.8 Å². The molecule has 2 amide bonds. The lowest BCUT2D eigenvalue weighted by Gasteiger charge is -2.28. The van der Waals surface area contributed by atoms with E-state index in [2.05, 4.69) is 34.0 Å². The molecule has 4 aliphatic rings. The van der Waals surface area contributed by atoms with Gasteiger partial charge in [0.15, 0.2) is 0 Å². The molecule has 0 aromatic heterocycles. The number of rotatable bonds is 4. The molecule has 1 aromatic carbocycles. The second kappa shape index (κ2) is 8.93. The quantitative estimate of drug-likeness (QED) is 0.629. The molecule has 0 atom stereocenters. The minimum Gasteiger partial charge on any atom is -0.506 e. The maximum Gasteiger partial charge on any atom is 0.243 e. The van der Waals surface area contributed by atoms with Gasteiger partial charge in [-0.05, 0) is 62.1 Å². The van der Waals surface area contributed by atoms with Gasteiger partial charge < -0.3 is 20.2 Å². The van der Waals surface area contributed by atoms with Crippen LogP contribution >= 0.6 is 0 Å². The van der Waals surface area contributed by atoms with E-state index in [1.54, 1.807) is 0 Å². The lowest BCUT2D eigenvalue weighted by molar-refractivity contribution is -0.116. The number of nitrogens with zero attached hydrogens (tertiary/aromatic N) is 3. The number of carbonyl (C=O) groups excluding carboxylic acids is 3. The molecule has 1 saturated heterocycles. The number of allylic oxidation sites excluding steroid dienone is 6. The Balaban J connectivity index is 1.65. The van der Waals surface area contributed by atoms with Crippen LogP contribution in [0.5, 0.6) is 0 Å². The first kappa shape index (κ1) is 23.8. The fourth-order valence-electron chi connectivity index (χ4n) is 5.52. The number of hydrogen-bond donors (Lipinski definition) is 2. The molecule has 2 heterocycles. The number of hydrogen-bond acceptors (Lipinski definition) is 6.